The predicted octanol–water partition coefficient (Wildman–Crippen LogP) is 2.54. The number of nitrogens with one attached hydrogen (secondary N) is 1. The first-order valence-electron chi connectivity index (χ1n) is 10.2. The number of carbonyl (C=O) groups is 1. The number of para-hydroxylation sites is 2. The second-order valence-electron chi connectivity index (χ2n) is 6.80. The molecule has 3 rings (SSSR count). The standard InChI is InChI=1S/C22H27N5O3/c1-3-26(4-2)15-16-30-20-12-8-7-11-19(20)23-21(28)13-14-27-22(29)17-9-5-6-10-18(17)24-25-27/h5-12H,3-4,13-16H2,1-2H3,(H,23,28). The first-order valence-corrected chi connectivity index (χ1v) is 10.2. The lowest BCUT2D eigenvalue weighted by atomic mass is 10.2. The maximum atomic E-state index is 12.5. The summed E-state index contributed by atoms with van der Waals surface area (Å²) in [6.07, 6.45) is 0.0979. The summed E-state index contributed by atoms with van der Waals surface area (Å²) in [5, 5.41) is 11.3. The highest BCUT2D eigenvalue weighted by Gasteiger charge is 2.11. The number of nitrogens with zero attached hydrogens (tertiary/aromatic N) is 4. The van der Waals surface area contributed by atoms with Crippen LogP contribution in [-0.4, -0.2) is 52.0 Å². The molecule has 0 aliphatic carbocycles. The molecule has 3 aromatic rings. The minimum absolute atomic E-state index is 0.0979. The average Bonchev–Trinajstić information content (AvgIpc) is 2.77. The fourth-order valence-corrected chi connectivity index (χ4v) is 3.11. The Balaban J connectivity index is 1.59. The fraction of sp³-hybridized carbons (Fsp3) is 0.364. The molecule has 0 atom stereocenters. The molecule has 0 saturated carbocycles. The number of benzene rings is 2. The number of hydrogen-bond donors (Lipinski definition) is 1. The van der Waals surface area contributed by atoms with Crippen molar-refractivity contribution in [1.82, 2.24) is 19.9 Å². The lowest BCUT2D eigenvalue weighted by Crippen LogP contribution is -2.28. The van der Waals surface area contributed by atoms with E-state index in [1.165, 1.54) is 4.68 Å². The van der Waals surface area contributed by atoms with E-state index in [0.29, 0.717) is 28.9 Å². The lowest BCUT2D eigenvalue weighted by molar-refractivity contribution is -0.116. The maximum absolute atomic E-state index is 12.5. The number of carbonyl (C=O) groups excluding carboxylic acids is 1. The van der Waals surface area contributed by atoms with E-state index in [0.717, 1.165) is 19.6 Å². The van der Waals surface area contributed by atoms with E-state index >= 15 is 0 Å². The van der Waals surface area contributed by atoms with Gasteiger partial charge >= 0.3 is 0 Å². The van der Waals surface area contributed by atoms with Gasteiger partial charge in [-0.25, -0.2) is 4.68 Å². The molecule has 0 saturated heterocycles. The molecule has 158 valence electrons. The Kier molecular flexibility index (Phi) is 7.51. The van der Waals surface area contributed by atoms with Crippen LogP contribution in [0.3, 0.4) is 0 Å². The van der Waals surface area contributed by atoms with Gasteiger partial charge in [-0.1, -0.05) is 43.3 Å². The first-order chi connectivity index (χ1) is 14.6. The zero-order valence-electron chi connectivity index (χ0n) is 17.4. The number of rotatable bonds is 10. The van der Waals surface area contributed by atoms with Crippen molar-refractivity contribution < 1.29 is 9.53 Å². The third kappa shape index (κ3) is 5.42. The summed E-state index contributed by atoms with van der Waals surface area (Å²) in [6.45, 7) is 7.67. The van der Waals surface area contributed by atoms with E-state index in [-0.39, 0.29) is 24.4 Å². The van der Waals surface area contributed by atoms with Gasteiger partial charge < -0.3 is 15.0 Å². The Morgan fingerprint density at radius 3 is 2.63 bits per heavy atom. The second kappa shape index (κ2) is 10.5. The SMILES string of the molecule is CCN(CC)CCOc1ccccc1NC(=O)CCn1nnc2ccccc2c1=O. The molecule has 1 amide bonds. The van der Waals surface area contributed by atoms with Crippen molar-refractivity contribution in [3.05, 3.63) is 58.9 Å². The molecule has 0 spiro atoms. The van der Waals surface area contributed by atoms with Gasteiger partial charge in [0.2, 0.25) is 5.91 Å². The number of amides is 1. The van der Waals surface area contributed by atoms with E-state index in [9.17, 15) is 9.59 Å². The Morgan fingerprint density at radius 2 is 1.83 bits per heavy atom. The molecule has 1 heterocycles. The van der Waals surface area contributed by atoms with Crippen molar-refractivity contribution in [3.63, 3.8) is 0 Å². The molecule has 0 bridgehead atoms. The second-order valence-corrected chi connectivity index (χ2v) is 6.80. The molecule has 30 heavy (non-hydrogen) atoms. The first kappa shape index (κ1) is 21.4. The van der Waals surface area contributed by atoms with Gasteiger partial charge in [-0.15, -0.1) is 5.10 Å². The van der Waals surface area contributed by atoms with Crippen molar-refractivity contribution >= 4 is 22.5 Å². The van der Waals surface area contributed by atoms with Crippen LogP contribution in [0.25, 0.3) is 10.9 Å². The van der Waals surface area contributed by atoms with Crippen LogP contribution in [0.2, 0.25) is 0 Å². The minimum atomic E-state index is -0.256. The van der Waals surface area contributed by atoms with Gasteiger partial charge in [0, 0.05) is 13.0 Å². The molecule has 1 aromatic heterocycles. The van der Waals surface area contributed by atoms with Gasteiger partial charge in [0.05, 0.1) is 17.6 Å². The average molecular weight is 409 g/mol. The molecule has 8 heteroatoms. The van der Waals surface area contributed by atoms with E-state index in [4.69, 9.17) is 4.74 Å². The van der Waals surface area contributed by atoms with Gasteiger partial charge in [0.25, 0.3) is 5.56 Å². The number of hydrogen-bond acceptors (Lipinski definition) is 6. The molecule has 0 aliphatic heterocycles. The van der Waals surface area contributed by atoms with E-state index in [2.05, 4.69) is 34.4 Å². The quantitative estimate of drug-likeness (QED) is 0.554. The summed E-state index contributed by atoms with van der Waals surface area (Å²) in [5.74, 6) is 0.400. The molecule has 0 fully saturated rings. The highest BCUT2D eigenvalue weighted by molar-refractivity contribution is 5.92. The van der Waals surface area contributed by atoms with Crippen LogP contribution in [0.4, 0.5) is 5.69 Å². The number of ether oxygens (including phenoxy) is 1. The van der Waals surface area contributed by atoms with Crippen LogP contribution in [0, 0.1) is 0 Å². The third-order valence-corrected chi connectivity index (χ3v) is 4.90. The van der Waals surface area contributed by atoms with Crippen LogP contribution in [-0.2, 0) is 11.3 Å². The van der Waals surface area contributed by atoms with Crippen molar-refractivity contribution in [2.24, 2.45) is 0 Å². The number of aromatic nitrogens is 3. The Labute approximate surface area is 175 Å². The number of anilines is 1. The molecule has 1 N–H and O–H groups in total. The zero-order valence-corrected chi connectivity index (χ0v) is 17.4. The molecule has 0 unspecified atom stereocenters. The van der Waals surface area contributed by atoms with Crippen LogP contribution in [0.1, 0.15) is 20.3 Å². The monoisotopic (exact) mass is 409 g/mol. The van der Waals surface area contributed by atoms with Gasteiger partial charge in [0.1, 0.15) is 17.9 Å². The highest BCUT2D eigenvalue weighted by Crippen LogP contribution is 2.23. The molecular weight excluding hydrogens is 382 g/mol. The summed E-state index contributed by atoms with van der Waals surface area (Å²) in [5.41, 5.74) is 0.895. The van der Waals surface area contributed by atoms with Crippen LogP contribution in [0.5, 0.6) is 5.75 Å². The molecule has 0 radical (unpaired) electrons. The Bertz CT molecular complexity index is 1050. The summed E-state index contributed by atoms with van der Waals surface area (Å²) in [4.78, 5) is 27.2. The summed E-state index contributed by atoms with van der Waals surface area (Å²) in [7, 11) is 0. The van der Waals surface area contributed by atoms with Gasteiger partial charge in [-0.05, 0) is 37.4 Å². The molecule has 2 aromatic carbocycles. The fourth-order valence-electron chi connectivity index (χ4n) is 3.11. The zero-order chi connectivity index (χ0) is 21.3. The minimum Gasteiger partial charge on any atom is -0.490 e. The maximum Gasteiger partial charge on any atom is 0.277 e. The van der Waals surface area contributed by atoms with Crippen LogP contribution in [0.15, 0.2) is 53.3 Å². The topological polar surface area (TPSA) is 89.3 Å². The van der Waals surface area contributed by atoms with Crippen molar-refractivity contribution in [2.45, 2.75) is 26.8 Å². The van der Waals surface area contributed by atoms with Gasteiger partial charge in [-0.3, -0.25) is 9.59 Å². The normalized spacial score (nSPS) is 11.0. The summed E-state index contributed by atoms with van der Waals surface area (Å²) >= 11 is 0. The molecule has 0 aliphatic rings. The van der Waals surface area contributed by atoms with Crippen molar-refractivity contribution in [1.29, 1.82) is 0 Å². The van der Waals surface area contributed by atoms with Crippen molar-refractivity contribution in [2.75, 3.05) is 31.6 Å². The van der Waals surface area contributed by atoms with Gasteiger partial charge in [-0.2, -0.15) is 0 Å². The van der Waals surface area contributed by atoms with Crippen LogP contribution >= 0.6 is 0 Å². The van der Waals surface area contributed by atoms with E-state index in [1.54, 1.807) is 30.3 Å². The Hall–Kier alpha value is -3.26. The third-order valence-electron chi connectivity index (χ3n) is 4.90. The van der Waals surface area contributed by atoms with Crippen molar-refractivity contribution in [3.8, 4) is 5.75 Å². The predicted molar refractivity (Wildman–Crippen MR) is 117 cm³/mol. The number of aryl methyl sites for hydroxylation is 1. The number of fused-ring (bicyclic) bond motifs is 1. The van der Waals surface area contributed by atoms with E-state index in [1.807, 2.05) is 18.2 Å². The largest absolute Gasteiger partial charge is 0.490 e. The Morgan fingerprint density at radius 1 is 1.10 bits per heavy atom. The lowest BCUT2D eigenvalue weighted by Gasteiger charge is -2.19. The summed E-state index contributed by atoms with van der Waals surface area (Å²) < 4.78 is 7.08. The molecule has 8 nitrogen and oxygen atoms in total. The van der Waals surface area contributed by atoms with Crippen LogP contribution < -0.4 is 15.6 Å². The molecular formula is C22H27N5O3. The number of likely N-dealkylation sites (N-methyl/N-ethyl adjacent to an activating group) is 1. The van der Waals surface area contributed by atoms with E-state index < -0.39 is 0 Å². The smallest absolute Gasteiger partial charge is 0.277 e. The van der Waals surface area contributed by atoms with Gasteiger partial charge in [0.15, 0.2) is 0 Å². The highest BCUT2D eigenvalue weighted by atomic mass is 16.5. The summed E-state index contributed by atoms with van der Waals surface area (Å²) in [6, 6.07) is 14.4.